The van der Waals surface area contributed by atoms with Crippen molar-refractivity contribution < 1.29 is 0 Å². The van der Waals surface area contributed by atoms with Crippen molar-refractivity contribution in [3.8, 4) is 0 Å². The molecule has 188 valence electrons. The van der Waals surface area contributed by atoms with Crippen molar-refractivity contribution in [2.75, 3.05) is 31.1 Å². The molecule has 0 aliphatic carbocycles. The molecule has 12 heteroatoms. The normalized spacial score (nSPS) is 19.1. The standard InChI is InChI=1S/C24H28ClN9OS/c1-2-16-20(25)19-21(30-16)31-24(32-23(19)33-8-5-13(26)12-33)36-15-9-17-22(29-10-15)34(18(35)11-28-17)14-3-6-27-7-4-14/h9-11,13-14,27H,2-8,12,26H2,1H3,(H,30,31,32). The van der Waals surface area contributed by atoms with Crippen LogP contribution < -0.4 is 21.5 Å². The number of halogens is 1. The van der Waals surface area contributed by atoms with Crippen LogP contribution in [0.5, 0.6) is 0 Å². The van der Waals surface area contributed by atoms with Crippen LogP contribution >= 0.6 is 23.4 Å². The largest absolute Gasteiger partial charge is 0.354 e. The molecule has 4 aromatic rings. The lowest BCUT2D eigenvalue weighted by atomic mass is 10.1. The summed E-state index contributed by atoms with van der Waals surface area (Å²) in [5.74, 6) is 0.808. The van der Waals surface area contributed by atoms with Crippen LogP contribution in [0.15, 0.2) is 33.3 Å². The Morgan fingerprint density at radius 2 is 2.03 bits per heavy atom. The van der Waals surface area contributed by atoms with Gasteiger partial charge in [0.2, 0.25) is 0 Å². The first-order chi connectivity index (χ1) is 17.5. The predicted octanol–water partition coefficient (Wildman–Crippen LogP) is 2.89. The average Bonchev–Trinajstić information content (AvgIpc) is 3.47. The number of pyridine rings is 1. The topological polar surface area (TPSA) is 131 Å². The van der Waals surface area contributed by atoms with Crippen LogP contribution in [0.25, 0.3) is 22.2 Å². The van der Waals surface area contributed by atoms with E-state index in [0.717, 1.165) is 79.3 Å². The maximum absolute atomic E-state index is 12.7. The maximum atomic E-state index is 12.7. The summed E-state index contributed by atoms with van der Waals surface area (Å²) in [4.78, 5) is 37.8. The van der Waals surface area contributed by atoms with Gasteiger partial charge in [0, 0.05) is 42.0 Å². The number of aryl methyl sites for hydroxylation is 1. The quantitative estimate of drug-likeness (QED) is 0.336. The number of nitrogens with one attached hydrogen (secondary N) is 2. The van der Waals surface area contributed by atoms with Crippen molar-refractivity contribution in [2.24, 2.45) is 5.73 Å². The predicted molar refractivity (Wildman–Crippen MR) is 142 cm³/mol. The highest BCUT2D eigenvalue weighted by Gasteiger charge is 2.26. The zero-order valence-corrected chi connectivity index (χ0v) is 21.6. The van der Waals surface area contributed by atoms with Crippen molar-refractivity contribution in [3.05, 3.63) is 39.5 Å². The summed E-state index contributed by atoms with van der Waals surface area (Å²) in [6.45, 7) is 5.40. The summed E-state index contributed by atoms with van der Waals surface area (Å²) in [7, 11) is 0. The minimum absolute atomic E-state index is 0.111. The van der Waals surface area contributed by atoms with Crippen molar-refractivity contribution >= 4 is 51.4 Å². The number of piperidine rings is 1. The molecule has 0 aromatic carbocycles. The van der Waals surface area contributed by atoms with E-state index in [1.54, 1.807) is 10.8 Å². The lowest BCUT2D eigenvalue weighted by Crippen LogP contribution is -2.34. The van der Waals surface area contributed by atoms with Gasteiger partial charge in [0.05, 0.1) is 16.6 Å². The molecule has 6 rings (SSSR count). The third-order valence-electron chi connectivity index (χ3n) is 6.99. The van der Waals surface area contributed by atoms with E-state index < -0.39 is 0 Å². The van der Waals surface area contributed by atoms with Crippen LogP contribution in [-0.2, 0) is 6.42 Å². The number of aromatic amines is 1. The molecule has 4 aromatic heterocycles. The van der Waals surface area contributed by atoms with E-state index in [2.05, 4.69) is 32.1 Å². The van der Waals surface area contributed by atoms with Gasteiger partial charge in [-0.3, -0.25) is 9.36 Å². The number of H-pyrrole nitrogens is 1. The van der Waals surface area contributed by atoms with Crippen LogP contribution in [0.1, 0.15) is 37.9 Å². The number of rotatable bonds is 5. The molecule has 0 radical (unpaired) electrons. The first kappa shape index (κ1) is 23.7. The van der Waals surface area contributed by atoms with Crippen LogP contribution in [0.2, 0.25) is 5.02 Å². The number of hydrogen-bond acceptors (Lipinski definition) is 9. The molecule has 10 nitrogen and oxygen atoms in total. The van der Waals surface area contributed by atoms with Gasteiger partial charge in [-0.25, -0.2) is 19.9 Å². The van der Waals surface area contributed by atoms with Gasteiger partial charge in [-0.15, -0.1) is 0 Å². The number of hydrogen-bond donors (Lipinski definition) is 3. The fraction of sp³-hybridized carbons (Fsp3) is 0.458. The Hall–Kier alpha value is -2.73. The Morgan fingerprint density at radius 3 is 2.78 bits per heavy atom. The van der Waals surface area contributed by atoms with E-state index >= 15 is 0 Å². The smallest absolute Gasteiger partial charge is 0.270 e. The molecule has 0 bridgehead atoms. The Kier molecular flexibility index (Phi) is 6.32. The minimum Gasteiger partial charge on any atom is -0.354 e. The van der Waals surface area contributed by atoms with Crippen LogP contribution in [0, 0.1) is 0 Å². The molecule has 2 aliphatic rings. The molecule has 2 saturated heterocycles. The Bertz CT molecular complexity index is 1500. The van der Waals surface area contributed by atoms with Gasteiger partial charge in [-0.05, 0) is 56.6 Å². The SMILES string of the molecule is CCc1[nH]c2nc(Sc3cnc4c(c3)ncc(=O)n4C3CCNCC3)nc(N3CCC(N)C3)c2c1Cl. The lowest BCUT2D eigenvalue weighted by Gasteiger charge is -2.25. The summed E-state index contributed by atoms with van der Waals surface area (Å²) >= 11 is 8.14. The molecule has 4 N–H and O–H groups in total. The zero-order chi connectivity index (χ0) is 24.8. The maximum Gasteiger partial charge on any atom is 0.270 e. The van der Waals surface area contributed by atoms with E-state index in [0.29, 0.717) is 21.3 Å². The summed E-state index contributed by atoms with van der Waals surface area (Å²) in [5.41, 5.74) is 9.04. The highest BCUT2D eigenvalue weighted by atomic mass is 35.5. The lowest BCUT2D eigenvalue weighted by molar-refractivity contribution is 0.367. The van der Waals surface area contributed by atoms with Crippen molar-refractivity contribution in [1.82, 2.24) is 34.8 Å². The van der Waals surface area contributed by atoms with Gasteiger partial charge < -0.3 is 20.9 Å². The highest BCUT2D eigenvalue weighted by molar-refractivity contribution is 7.99. The van der Waals surface area contributed by atoms with Crippen LogP contribution in [0.4, 0.5) is 5.82 Å². The second kappa shape index (κ2) is 9.62. The van der Waals surface area contributed by atoms with E-state index in [-0.39, 0.29) is 17.6 Å². The molecule has 0 spiro atoms. The van der Waals surface area contributed by atoms with E-state index in [1.807, 2.05) is 6.07 Å². The van der Waals surface area contributed by atoms with E-state index in [9.17, 15) is 4.79 Å². The third kappa shape index (κ3) is 4.23. The molecule has 36 heavy (non-hydrogen) atoms. The average molecular weight is 526 g/mol. The number of aromatic nitrogens is 6. The molecule has 1 atom stereocenters. The second-order valence-corrected chi connectivity index (χ2v) is 10.8. The monoisotopic (exact) mass is 525 g/mol. The molecule has 2 fully saturated rings. The number of nitrogens with two attached hydrogens (primary N) is 1. The van der Waals surface area contributed by atoms with Gasteiger partial charge in [-0.2, -0.15) is 0 Å². The van der Waals surface area contributed by atoms with Crippen LogP contribution in [-0.4, -0.2) is 61.7 Å². The van der Waals surface area contributed by atoms with Crippen molar-refractivity contribution in [2.45, 2.75) is 54.7 Å². The summed E-state index contributed by atoms with van der Waals surface area (Å²) < 4.78 is 1.79. The Balaban J connectivity index is 1.39. The van der Waals surface area contributed by atoms with Gasteiger partial charge in [0.25, 0.3) is 5.56 Å². The third-order valence-corrected chi connectivity index (χ3v) is 8.23. The van der Waals surface area contributed by atoms with Crippen LogP contribution in [0.3, 0.4) is 0 Å². The van der Waals surface area contributed by atoms with E-state index in [4.69, 9.17) is 27.3 Å². The molecular formula is C24H28ClN9OS. The molecule has 0 amide bonds. The molecular weight excluding hydrogens is 498 g/mol. The second-order valence-electron chi connectivity index (χ2n) is 9.38. The first-order valence-electron chi connectivity index (χ1n) is 12.4. The van der Waals surface area contributed by atoms with Crippen molar-refractivity contribution in [1.29, 1.82) is 0 Å². The fourth-order valence-corrected chi connectivity index (χ4v) is 6.26. The number of nitrogens with zero attached hydrogens (tertiary/aromatic N) is 6. The van der Waals surface area contributed by atoms with Gasteiger partial charge in [0.15, 0.2) is 10.8 Å². The van der Waals surface area contributed by atoms with Gasteiger partial charge in [0.1, 0.15) is 17.0 Å². The molecule has 2 aliphatic heterocycles. The summed E-state index contributed by atoms with van der Waals surface area (Å²) in [5, 5.41) is 5.45. The highest BCUT2D eigenvalue weighted by Crippen LogP contribution is 2.37. The van der Waals surface area contributed by atoms with Gasteiger partial charge >= 0.3 is 0 Å². The van der Waals surface area contributed by atoms with Crippen molar-refractivity contribution in [3.63, 3.8) is 0 Å². The molecule has 1 unspecified atom stereocenters. The minimum atomic E-state index is -0.111. The van der Waals surface area contributed by atoms with Gasteiger partial charge in [-0.1, -0.05) is 18.5 Å². The molecule has 6 heterocycles. The number of fused-ring (bicyclic) bond motifs is 2. The molecule has 0 saturated carbocycles. The fourth-order valence-electron chi connectivity index (χ4n) is 5.15. The Labute approximate surface area is 217 Å². The number of anilines is 1. The summed E-state index contributed by atoms with van der Waals surface area (Å²) in [6.07, 6.45) is 6.64. The summed E-state index contributed by atoms with van der Waals surface area (Å²) in [6, 6.07) is 2.19. The zero-order valence-electron chi connectivity index (χ0n) is 20.0. The first-order valence-corrected chi connectivity index (χ1v) is 13.6. The Morgan fingerprint density at radius 1 is 1.19 bits per heavy atom. The van der Waals surface area contributed by atoms with E-state index in [1.165, 1.54) is 18.0 Å².